The zero-order valence-corrected chi connectivity index (χ0v) is 6.50. The average Bonchev–Trinajstić information content (AvgIpc) is 2.39. The lowest BCUT2D eigenvalue weighted by Gasteiger charge is -1.95. The molecule has 0 fully saturated rings. The summed E-state index contributed by atoms with van der Waals surface area (Å²) in [6, 6.07) is 0. The number of aliphatic carboxylic acids is 1. The van der Waals surface area contributed by atoms with Gasteiger partial charge >= 0.3 is 5.97 Å². The van der Waals surface area contributed by atoms with Crippen LogP contribution in [0.15, 0.2) is 10.9 Å². The van der Waals surface area contributed by atoms with Crippen molar-refractivity contribution in [2.45, 2.75) is 6.61 Å². The number of carboxylic acid groups (broad SMARTS) is 1. The Labute approximate surface area is 67.5 Å². The maximum Gasteiger partial charge on any atom is 0.329 e. The predicted octanol–water partition coefficient (Wildman–Crippen LogP) is 0.744. The number of hydrogen-bond donors (Lipinski definition) is 1. The molecule has 0 saturated carbocycles. The summed E-state index contributed by atoms with van der Waals surface area (Å²) in [6.07, 6.45) is 0. The van der Waals surface area contributed by atoms with Crippen LogP contribution in [0.4, 0.5) is 0 Å². The number of rotatable bonds is 4. The van der Waals surface area contributed by atoms with Crippen LogP contribution in [0.3, 0.4) is 0 Å². The summed E-state index contributed by atoms with van der Waals surface area (Å²) in [7, 11) is 0. The molecule has 0 aromatic carbocycles. The Kier molecular flexibility index (Phi) is 3.00. The third-order valence-corrected chi connectivity index (χ3v) is 1.59. The largest absolute Gasteiger partial charge is 0.480 e. The van der Waals surface area contributed by atoms with E-state index in [1.54, 1.807) is 5.51 Å². The van der Waals surface area contributed by atoms with E-state index >= 15 is 0 Å². The molecule has 0 aliphatic rings. The van der Waals surface area contributed by atoms with E-state index in [0.29, 0.717) is 0 Å². The summed E-state index contributed by atoms with van der Waals surface area (Å²) >= 11 is 1.46. The molecule has 60 valence electrons. The molecule has 1 rings (SSSR count). The van der Waals surface area contributed by atoms with Crippen LogP contribution in [0.5, 0.6) is 0 Å². The van der Waals surface area contributed by atoms with E-state index < -0.39 is 5.97 Å². The molecule has 1 aromatic heterocycles. The fraction of sp³-hybridized carbons (Fsp3) is 0.333. The maximum absolute atomic E-state index is 9.98. The third-order valence-electron chi connectivity index (χ3n) is 0.959. The number of nitrogens with zero attached hydrogens (tertiary/aromatic N) is 1. The molecule has 11 heavy (non-hydrogen) atoms. The van der Waals surface area contributed by atoms with Gasteiger partial charge in [-0.2, -0.15) is 0 Å². The quantitative estimate of drug-likeness (QED) is 0.729. The molecular weight excluding hydrogens is 166 g/mol. The first kappa shape index (κ1) is 8.16. The van der Waals surface area contributed by atoms with Crippen LogP contribution < -0.4 is 0 Å². The van der Waals surface area contributed by atoms with E-state index in [0.717, 1.165) is 5.69 Å². The fourth-order valence-corrected chi connectivity index (χ4v) is 1.09. The zero-order chi connectivity index (χ0) is 8.10. The molecule has 0 amide bonds. The van der Waals surface area contributed by atoms with E-state index in [2.05, 4.69) is 4.98 Å². The Morgan fingerprint density at radius 1 is 1.82 bits per heavy atom. The first-order valence-corrected chi connectivity index (χ1v) is 3.90. The van der Waals surface area contributed by atoms with Gasteiger partial charge < -0.3 is 9.84 Å². The summed E-state index contributed by atoms with van der Waals surface area (Å²) in [5.74, 6) is -0.958. The molecule has 0 saturated heterocycles. The molecule has 0 aliphatic carbocycles. The molecule has 0 aliphatic heterocycles. The van der Waals surface area contributed by atoms with Crippen molar-refractivity contribution in [1.82, 2.24) is 4.98 Å². The van der Waals surface area contributed by atoms with E-state index in [4.69, 9.17) is 9.84 Å². The van der Waals surface area contributed by atoms with Gasteiger partial charge in [0.2, 0.25) is 0 Å². The zero-order valence-electron chi connectivity index (χ0n) is 5.69. The lowest BCUT2D eigenvalue weighted by Crippen LogP contribution is -2.06. The predicted molar refractivity (Wildman–Crippen MR) is 39.4 cm³/mol. The van der Waals surface area contributed by atoms with Gasteiger partial charge in [0.05, 0.1) is 17.8 Å². The molecule has 0 atom stereocenters. The van der Waals surface area contributed by atoms with Crippen molar-refractivity contribution in [3.8, 4) is 0 Å². The van der Waals surface area contributed by atoms with Crippen molar-refractivity contribution >= 4 is 17.3 Å². The van der Waals surface area contributed by atoms with Gasteiger partial charge in [0.25, 0.3) is 0 Å². The standard InChI is InChI=1S/C6H7NO3S/c8-6(9)2-10-1-5-3-11-4-7-5/h3-4H,1-2H2,(H,8,9). The fourth-order valence-electron chi connectivity index (χ4n) is 0.552. The second-order valence-corrected chi connectivity index (χ2v) is 2.59. The van der Waals surface area contributed by atoms with Gasteiger partial charge in [-0.3, -0.25) is 0 Å². The monoisotopic (exact) mass is 173 g/mol. The SMILES string of the molecule is O=C(O)COCc1cscn1. The Balaban J connectivity index is 2.19. The third kappa shape index (κ3) is 3.10. The maximum atomic E-state index is 9.98. The lowest BCUT2D eigenvalue weighted by atomic mass is 10.5. The van der Waals surface area contributed by atoms with E-state index in [9.17, 15) is 4.79 Å². The second-order valence-electron chi connectivity index (χ2n) is 1.87. The summed E-state index contributed by atoms with van der Waals surface area (Å²) in [4.78, 5) is 13.9. The molecule has 1 aromatic rings. The molecule has 5 heteroatoms. The van der Waals surface area contributed by atoms with Crippen LogP contribution >= 0.6 is 11.3 Å². The summed E-state index contributed by atoms with van der Waals surface area (Å²) in [5.41, 5.74) is 2.45. The van der Waals surface area contributed by atoms with Gasteiger partial charge in [-0.05, 0) is 0 Å². The van der Waals surface area contributed by atoms with Crippen molar-refractivity contribution in [2.24, 2.45) is 0 Å². The number of ether oxygens (including phenoxy) is 1. The van der Waals surface area contributed by atoms with E-state index in [1.807, 2.05) is 5.38 Å². The molecule has 0 bridgehead atoms. The molecule has 4 nitrogen and oxygen atoms in total. The van der Waals surface area contributed by atoms with Crippen LogP contribution in [-0.4, -0.2) is 22.7 Å². The van der Waals surface area contributed by atoms with E-state index in [1.165, 1.54) is 11.3 Å². The smallest absolute Gasteiger partial charge is 0.329 e. The number of hydrogen-bond acceptors (Lipinski definition) is 4. The van der Waals surface area contributed by atoms with Gasteiger partial charge in [0, 0.05) is 5.38 Å². The minimum Gasteiger partial charge on any atom is -0.480 e. The molecular formula is C6H7NO3S. The molecule has 0 radical (unpaired) electrons. The molecule has 1 heterocycles. The highest BCUT2D eigenvalue weighted by atomic mass is 32.1. The molecule has 0 spiro atoms. The van der Waals surface area contributed by atoms with Gasteiger partial charge in [0.15, 0.2) is 0 Å². The molecule has 1 N–H and O–H groups in total. The van der Waals surface area contributed by atoms with Gasteiger partial charge in [-0.25, -0.2) is 9.78 Å². The van der Waals surface area contributed by atoms with Crippen molar-refractivity contribution in [3.05, 3.63) is 16.6 Å². The Morgan fingerprint density at radius 3 is 3.18 bits per heavy atom. The molecule has 0 unspecified atom stereocenters. The van der Waals surface area contributed by atoms with Crippen molar-refractivity contribution in [1.29, 1.82) is 0 Å². The normalized spacial score (nSPS) is 9.82. The Morgan fingerprint density at radius 2 is 2.64 bits per heavy atom. The van der Waals surface area contributed by atoms with Gasteiger partial charge in [-0.15, -0.1) is 11.3 Å². The van der Waals surface area contributed by atoms with Gasteiger partial charge in [-0.1, -0.05) is 0 Å². The summed E-state index contributed by atoms with van der Waals surface area (Å²) in [6.45, 7) is 0.00727. The van der Waals surface area contributed by atoms with Crippen LogP contribution in [-0.2, 0) is 16.1 Å². The first-order chi connectivity index (χ1) is 5.29. The van der Waals surface area contributed by atoms with Crippen molar-refractivity contribution in [2.75, 3.05) is 6.61 Å². The number of carboxylic acids is 1. The average molecular weight is 173 g/mol. The summed E-state index contributed by atoms with van der Waals surface area (Å²) in [5, 5.41) is 10.0. The highest BCUT2D eigenvalue weighted by molar-refractivity contribution is 7.07. The van der Waals surface area contributed by atoms with Crippen molar-refractivity contribution < 1.29 is 14.6 Å². The Bertz CT molecular complexity index is 222. The highest BCUT2D eigenvalue weighted by Gasteiger charge is 1.98. The van der Waals surface area contributed by atoms with Crippen LogP contribution in [0.25, 0.3) is 0 Å². The number of aromatic nitrogens is 1. The number of carbonyl (C=O) groups is 1. The minimum atomic E-state index is -0.958. The van der Waals surface area contributed by atoms with Crippen molar-refractivity contribution in [3.63, 3.8) is 0 Å². The second kappa shape index (κ2) is 4.05. The number of thiazole rings is 1. The topological polar surface area (TPSA) is 59.4 Å². The lowest BCUT2D eigenvalue weighted by molar-refractivity contribution is -0.142. The summed E-state index contributed by atoms with van der Waals surface area (Å²) < 4.78 is 4.78. The van der Waals surface area contributed by atoms with Crippen LogP contribution in [0.1, 0.15) is 5.69 Å². The minimum absolute atomic E-state index is 0.266. The highest BCUT2D eigenvalue weighted by Crippen LogP contribution is 2.01. The first-order valence-electron chi connectivity index (χ1n) is 2.95. The Hall–Kier alpha value is -0.940. The van der Waals surface area contributed by atoms with Crippen LogP contribution in [0.2, 0.25) is 0 Å². The van der Waals surface area contributed by atoms with Gasteiger partial charge in [0.1, 0.15) is 6.61 Å². The van der Waals surface area contributed by atoms with Crippen LogP contribution in [0, 0.1) is 0 Å². The van der Waals surface area contributed by atoms with E-state index in [-0.39, 0.29) is 13.2 Å².